The monoisotopic (exact) mass is 407 g/mol. The van der Waals surface area contributed by atoms with Crippen molar-refractivity contribution >= 4 is 46.3 Å². The Kier molecular flexibility index (Phi) is 6.01. The van der Waals surface area contributed by atoms with Gasteiger partial charge in [-0.05, 0) is 62.6 Å². The lowest BCUT2D eigenvalue weighted by Crippen LogP contribution is -2.13. The first-order chi connectivity index (χ1) is 12.4. The number of nitrogens with zero attached hydrogens (tertiary/aromatic N) is 2. The Balaban J connectivity index is 1.59. The van der Waals surface area contributed by atoms with Gasteiger partial charge in [0, 0.05) is 33.6 Å². The zero-order valence-electron chi connectivity index (χ0n) is 14.6. The highest BCUT2D eigenvalue weighted by Crippen LogP contribution is 2.32. The van der Waals surface area contributed by atoms with Gasteiger partial charge in [0.2, 0.25) is 11.1 Å². The van der Waals surface area contributed by atoms with Gasteiger partial charge in [-0.25, -0.2) is 4.98 Å². The number of aromatic nitrogens is 2. The average Bonchev–Trinajstić information content (AvgIpc) is 3.14. The smallest absolute Gasteiger partial charge is 0.229 e. The fraction of sp³-hybridized carbons (Fsp3) is 0.278. The molecule has 26 heavy (non-hydrogen) atoms. The van der Waals surface area contributed by atoms with Gasteiger partial charge in [0.25, 0.3) is 0 Å². The number of thiazole rings is 1. The Morgan fingerprint density at radius 1 is 1.35 bits per heavy atom. The summed E-state index contributed by atoms with van der Waals surface area (Å²) in [4.78, 5) is 17.8. The molecule has 0 saturated heterocycles. The highest BCUT2D eigenvalue weighted by Gasteiger charge is 2.13. The summed E-state index contributed by atoms with van der Waals surface area (Å²) in [6.07, 6.45) is 0.812. The van der Waals surface area contributed by atoms with Crippen LogP contribution >= 0.6 is 34.7 Å². The van der Waals surface area contributed by atoms with Gasteiger partial charge in [-0.15, -0.1) is 11.3 Å². The van der Waals surface area contributed by atoms with E-state index >= 15 is 0 Å². The van der Waals surface area contributed by atoms with Crippen molar-refractivity contribution < 1.29 is 9.32 Å². The molecule has 0 atom stereocenters. The first-order valence-electron chi connectivity index (χ1n) is 8.03. The number of hydrogen-bond acceptors (Lipinski definition) is 6. The van der Waals surface area contributed by atoms with E-state index in [1.54, 1.807) is 23.1 Å². The number of anilines is 1. The molecule has 0 fully saturated rings. The minimum atomic E-state index is -0.0688. The van der Waals surface area contributed by atoms with Crippen molar-refractivity contribution in [2.24, 2.45) is 0 Å². The summed E-state index contributed by atoms with van der Waals surface area (Å²) in [7, 11) is 0. The second kappa shape index (κ2) is 8.24. The highest BCUT2D eigenvalue weighted by molar-refractivity contribution is 8.01. The van der Waals surface area contributed by atoms with Crippen LogP contribution < -0.4 is 5.32 Å². The van der Waals surface area contributed by atoms with Gasteiger partial charge in [-0.3, -0.25) is 4.79 Å². The minimum Gasteiger partial charge on any atom is -0.344 e. The topological polar surface area (TPSA) is 68.0 Å². The normalized spacial score (nSPS) is 10.9. The Morgan fingerprint density at radius 3 is 2.77 bits per heavy atom. The molecule has 136 valence electrons. The van der Waals surface area contributed by atoms with Crippen LogP contribution in [0.2, 0.25) is 5.22 Å². The number of carbonyl (C=O) groups excluding carboxylic acids is 1. The molecule has 0 radical (unpaired) electrons. The molecule has 0 unspecified atom stereocenters. The lowest BCUT2D eigenvalue weighted by molar-refractivity contribution is -0.116. The van der Waals surface area contributed by atoms with E-state index in [1.165, 1.54) is 0 Å². The Hall–Kier alpha value is -1.83. The molecule has 0 aliphatic rings. The number of carbonyl (C=O) groups is 1. The Morgan fingerprint density at radius 2 is 2.15 bits per heavy atom. The van der Waals surface area contributed by atoms with Crippen LogP contribution in [0.5, 0.6) is 0 Å². The van der Waals surface area contributed by atoms with Crippen LogP contribution in [0, 0.1) is 20.8 Å². The third-order valence-electron chi connectivity index (χ3n) is 3.81. The van der Waals surface area contributed by atoms with Gasteiger partial charge in [0.15, 0.2) is 4.34 Å². The molecule has 1 N–H and O–H groups in total. The molecule has 0 spiro atoms. The number of amides is 1. The fourth-order valence-electron chi connectivity index (χ4n) is 2.41. The van der Waals surface area contributed by atoms with Crippen LogP contribution in [0.1, 0.15) is 28.9 Å². The van der Waals surface area contributed by atoms with Crippen LogP contribution in [-0.4, -0.2) is 16.0 Å². The van der Waals surface area contributed by atoms with Gasteiger partial charge < -0.3 is 9.84 Å². The quantitative estimate of drug-likeness (QED) is 0.589. The predicted molar refractivity (Wildman–Crippen MR) is 105 cm³/mol. The van der Waals surface area contributed by atoms with E-state index in [1.807, 2.05) is 38.3 Å². The first kappa shape index (κ1) is 18.9. The molecule has 0 bridgehead atoms. The lowest BCUT2D eigenvalue weighted by Gasteiger charge is -2.10. The number of nitrogens with one attached hydrogen (secondary N) is 1. The number of benzene rings is 1. The van der Waals surface area contributed by atoms with Gasteiger partial charge in [-0.1, -0.05) is 16.9 Å². The van der Waals surface area contributed by atoms with Crippen molar-refractivity contribution in [2.45, 2.75) is 42.8 Å². The first-order valence-corrected chi connectivity index (χ1v) is 10.1. The summed E-state index contributed by atoms with van der Waals surface area (Å²) in [6.45, 7) is 5.78. The highest BCUT2D eigenvalue weighted by atomic mass is 35.5. The van der Waals surface area contributed by atoms with Gasteiger partial charge >= 0.3 is 0 Å². The zero-order chi connectivity index (χ0) is 18.7. The molecule has 1 amide bonds. The van der Waals surface area contributed by atoms with E-state index in [-0.39, 0.29) is 11.1 Å². The van der Waals surface area contributed by atoms with E-state index in [0.29, 0.717) is 12.8 Å². The molecular formula is C18H18ClN3O2S2. The molecule has 0 saturated carbocycles. The maximum Gasteiger partial charge on any atom is 0.229 e. The summed E-state index contributed by atoms with van der Waals surface area (Å²) in [5.41, 5.74) is 4.35. The fourth-order valence-corrected chi connectivity index (χ4v) is 4.59. The Labute approximate surface area is 165 Å². The van der Waals surface area contributed by atoms with Gasteiger partial charge in [0.1, 0.15) is 0 Å². The van der Waals surface area contributed by atoms with E-state index in [0.717, 1.165) is 37.4 Å². The number of hydrogen-bond donors (Lipinski definition) is 1. The predicted octanol–water partition coefficient (Wildman–Crippen LogP) is 5.43. The summed E-state index contributed by atoms with van der Waals surface area (Å²) < 4.78 is 5.92. The molecule has 0 aliphatic heterocycles. The summed E-state index contributed by atoms with van der Waals surface area (Å²) in [5.74, 6) is -0.0688. The molecule has 3 aromatic rings. The molecule has 1 aromatic carbocycles. The average molecular weight is 408 g/mol. The second-order valence-corrected chi connectivity index (χ2v) is 8.42. The third kappa shape index (κ3) is 4.66. The molecule has 0 aliphatic carbocycles. The number of rotatable bonds is 6. The van der Waals surface area contributed by atoms with Crippen LogP contribution in [0.4, 0.5) is 5.69 Å². The van der Waals surface area contributed by atoms with Crippen molar-refractivity contribution in [2.75, 3.05) is 5.32 Å². The SMILES string of the molecule is Cc1csc(Sc2ccc(NC(=O)CCc3c(C)noc3Cl)c(C)c2)n1. The van der Waals surface area contributed by atoms with Crippen molar-refractivity contribution in [3.8, 4) is 0 Å². The van der Waals surface area contributed by atoms with Crippen molar-refractivity contribution in [3.05, 3.63) is 51.3 Å². The van der Waals surface area contributed by atoms with E-state index in [4.69, 9.17) is 16.1 Å². The van der Waals surface area contributed by atoms with Gasteiger partial charge in [-0.2, -0.15) is 0 Å². The minimum absolute atomic E-state index is 0.0688. The zero-order valence-corrected chi connectivity index (χ0v) is 17.0. The summed E-state index contributed by atoms with van der Waals surface area (Å²) >= 11 is 9.19. The van der Waals surface area contributed by atoms with Gasteiger partial charge in [0.05, 0.1) is 5.69 Å². The number of halogens is 1. The molecule has 2 heterocycles. The van der Waals surface area contributed by atoms with Crippen LogP contribution in [0.25, 0.3) is 0 Å². The maximum absolute atomic E-state index is 12.2. The van der Waals surface area contributed by atoms with E-state index in [2.05, 4.69) is 21.5 Å². The Bertz CT molecular complexity index is 917. The molecule has 2 aromatic heterocycles. The number of aryl methyl sites for hydroxylation is 3. The second-order valence-electron chi connectivity index (χ2n) is 5.90. The summed E-state index contributed by atoms with van der Waals surface area (Å²) in [6, 6.07) is 5.97. The lowest BCUT2D eigenvalue weighted by atomic mass is 10.1. The van der Waals surface area contributed by atoms with Crippen LogP contribution in [0.15, 0.2) is 37.3 Å². The summed E-state index contributed by atoms with van der Waals surface area (Å²) in [5, 5.41) is 9.03. The molecule has 3 rings (SSSR count). The largest absolute Gasteiger partial charge is 0.344 e. The third-order valence-corrected chi connectivity index (χ3v) is 6.16. The molecule has 8 heteroatoms. The van der Waals surface area contributed by atoms with E-state index < -0.39 is 0 Å². The van der Waals surface area contributed by atoms with Crippen molar-refractivity contribution in [1.29, 1.82) is 0 Å². The van der Waals surface area contributed by atoms with Crippen LogP contribution in [-0.2, 0) is 11.2 Å². The van der Waals surface area contributed by atoms with Crippen molar-refractivity contribution in [3.63, 3.8) is 0 Å². The molecule has 5 nitrogen and oxygen atoms in total. The van der Waals surface area contributed by atoms with Crippen molar-refractivity contribution in [1.82, 2.24) is 10.1 Å². The standard InChI is InChI=1S/C18H18ClN3O2S2/c1-10-8-13(26-18-20-11(2)9-25-18)4-6-15(10)21-16(23)7-5-14-12(3)22-24-17(14)19/h4,6,8-9H,5,7H2,1-3H3,(H,21,23). The molecular weight excluding hydrogens is 390 g/mol. The van der Waals surface area contributed by atoms with Crippen LogP contribution in [0.3, 0.4) is 0 Å². The maximum atomic E-state index is 12.2. The van der Waals surface area contributed by atoms with E-state index in [9.17, 15) is 4.79 Å².